The van der Waals surface area contributed by atoms with Crippen LogP contribution >= 0.6 is 0 Å². The summed E-state index contributed by atoms with van der Waals surface area (Å²) < 4.78 is 19.6. The van der Waals surface area contributed by atoms with Gasteiger partial charge in [0.2, 0.25) is 0 Å². The van der Waals surface area contributed by atoms with Crippen LogP contribution in [-0.4, -0.2) is 4.98 Å². The van der Waals surface area contributed by atoms with E-state index in [0.717, 1.165) is 143 Å². The summed E-state index contributed by atoms with van der Waals surface area (Å²) in [5.41, 5.74) is 16.9. The summed E-state index contributed by atoms with van der Waals surface area (Å²) in [7, 11) is 0. The van der Waals surface area contributed by atoms with Crippen LogP contribution in [-0.2, 0) is 0 Å². The van der Waals surface area contributed by atoms with Crippen molar-refractivity contribution < 1.29 is 13.3 Å². The summed E-state index contributed by atoms with van der Waals surface area (Å²) in [6.45, 7) is 0. The lowest BCUT2D eigenvalue weighted by atomic mass is 9.87. The van der Waals surface area contributed by atoms with E-state index >= 15 is 0 Å². The van der Waals surface area contributed by atoms with Crippen LogP contribution in [0.25, 0.3) is 143 Å². The highest BCUT2D eigenvalue weighted by Gasteiger charge is 2.22. The third-order valence-corrected chi connectivity index (χ3v) is 13.2. The monoisotopic (exact) mass is 829 g/mol. The molecule has 302 valence electrons. The van der Waals surface area contributed by atoms with Crippen LogP contribution in [0.5, 0.6) is 0 Å². The summed E-state index contributed by atoms with van der Waals surface area (Å²) >= 11 is 0. The average molecular weight is 830 g/mol. The molecule has 10 aromatic carbocycles. The second kappa shape index (κ2) is 13.9. The van der Waals surface area contributed by atoms with Gasteiger partial charge in [-0.15, -0.1) is 0 Å². The van der Waals surface area contributed by atoms with Crippen molar-refractivity contribution in [2.45, 2.75) is 0 Å². The van der Waals surface area contributed by atoms with Gasteiger partial charge in [0.05, 0.1) is 11.2 Å². The third-order valence-electron chi connectivity index (χ3n) is 13.2. The van der Waals surface area contributed by atoms with Gasteiger partial charge in [0.15, 0.2) is 0 Å². The minimum Gasteiger partial charge on any atom is -0.456 e. The molecule has 0 bridgehead atoms. The van der Waals surface area contributed by atoms with Gasteiger partial charge in [0, 0.05) is 59.6 Å². The number of nitrogens with zero attached hydrogens (tertiary/aromatic N) is 1. The highest BCUT2D eigenvalue weighted by molar-refractivity contribution is 6.28. The molecule has 0 atom stereocenters. The molecule has 4 heterocycles. The predicted octanol–water partition coefficient (Wildman–Crippen LogP) is 17.4. The van der Waals surface area contributed by atoms with E-state index in [-0.39, 0.29) is 0 Å². The fraction of sp³-hybridized carbons (Fsp3) is 0. The standard InChI is InChI=1S/C61H35NO3/c1-2-13-36(14-3-1)61-50-35-57-60(49-20-7-11-24-54(49)65-57)58(59(50)48-19-4-8-21-51(48)62-61)40-16-12-15-37(29-40)41-30-42(38-25-27-46-44-17-5-9-22-52(44)63-55(46)33-38)32-43(31-41)39-26-28-47-45-18-6-10-23-53(45)64-56(47)34-39/h1-35H. The molecule has 0 N–H and O–H groups in total. The Morgan fingerprint density at radius 3 is 1.35 bits per heavy atom. The molecule has 0 unspecified atom stereocenters. The molecular weight excluding hydrogens is 795 g/mol. The van der Waals surface area contributed by atoms with Crippen molar-refractivity contribution in [2.75, 3.05) is 0 Å². The van der Waals surface area contributed by atoms with Crippen molar-refractivity contribution in [2.24, 2.45) is 0 Å². The van der Waals surface area contributed by atoms with Gasteiger partial charge in [-0.2, -0.15) is 0 Å². The maximum atomic E-state index is 6.73. The first kappa shape index (κ1) is 35.8. The molecule has 0 radical (unpaired) electrons. The summed E-state index contributed by atoms with van der Waals surface area (Å²) in [4.78, 5) is 5.32. The number of hydrogen-bond donors (Lipinski definition) is 0. The zero-order chi connectivity index (χ0) is 42.6. The Morgan fingerprint density at radius 1 is 0.246 bits per heavy atom. The average Bonchev–Trinajstić information content (AvgIpc) is 4.06. The number of benzene rings is 10. The Kier molecular flexibility index (Phi) is 7.65. The highest BCUT2D eigenvalue weighted by atomic mass is 16.3. The number of hydrogen-bond acceptors (Lipinski definition) is 4. The Labute approximate surface area is 372 Å². The van der Waals surface area contributed by atoms with Gasteiger partial charge in [-0.25, -0.2) is 4.98 Å². The quantitative estimate of drug-likeness (QED) is 0.162. The van der Waals surface area contributed by atoms with Crippen molar-refractivity contribution in [3.63, 3.8) is 0 Å². The van der Waals surface area contributed by atoms with E-state index in [1.807, 2.05) is 30.3 Å². The summed E-state index contributed by atoms with van der Waals surface area (Å²) in [6.07, 6.45) is 0. The number of para-hydroxylation sites is 4. The molecule has 14 aromatic rings. The molecular formula is C61H35NO3. The number of furan rings is 3. The van der Waals surface area contributed by atoms with Crippen LogP contribution in [0.2, 0.25) is 0 Å². The second-order valence-corrected chi connectivity index (χ2v) is 17.0. The van der Waals surface area contributed by atoms with Crippen LogP contribution < -0.4 is 0 Å². The first-order chi connectivity index (χ1) is 32.2. The van der Waals surface area contributed by atoms with Crippen LogP contribution in [0, 0.1) is 0 Å². The van der Waals surface area contributed by atoms with E-state index in [9.17, 15) is 0 Å². The van der Waals surface area contributed by atoms with E-state index in [4.69, 9.17) is 18.2 Å². The maximum absolute atomic E-state index is 6.73. The lowest BCUT2D eigenvalue weighted by Gasteiger charge is -2.17. The zero-order valence-electron chi connectivity index (χ0n) is 34.9. The molecule has 4 nitrogen and oxygen atoms in total. The van der Waals surface area contributed by atoms with E-state index < -0.39 is 0 Å². The molecule has 0 aliphatic heterocycles. The predicted molar refractivity (Wildman–Crippen MR) is 268 cm³/mol. The van der Waals surface area contributed by atoms with E-state index in [1.165, 1.54) is 0 Å². The largest absolute Gasteiger partial charge is 0.456 e. The number of fused-ring (bicyclic) bond motifs is 12. The third kappa shape index (κ3) is 5.61. The lowest BCUT2D eigenvalue weighted by molar-refractivity contribution is 0.668. The van der Waals surface area contributed by atoms with Crippen LogP contribution in [0.3, 0.4) is 0 Å². The van der Waals surface area contributed by atoms with Gasteiger partial charge in [0.25, 0.3) is 0 Å². The molecule has 0 saturated carbocycles. The van der Waals surface area contributed by atoms with Crippen molar-refractivity contribution in [1.82, 2.24) is 4.98 Å². The van der Waals surface area contributed by atoms with Gasteiger partial charge >= 0.3 is 0 Å². The zero-order valence-corrected chi connectivity index (χ0v) is 34.9. The number of pyridine rings is 1. The Bertz CT molecular complexity index is 4110. The van der Waals surface area contributed by atoms with Crippen LogP contribution in [0.1, 0.15) is 0 Å². The van der Waals surface area contributed by atoms with Crippen molar-refractivity contribution in [1.29, 1.82) is 0 Å². The van der Waals surface area contributed by atoms with Crippen LogP contribution in [0.4, 0.5) is 0 Å². The molecule has 0 spiro atoms. The van der Waals surface area contributed by atoms with Gasteiger partial charge < -0.3 is 13.3 Å². The van der Waals surface area contributed by atoms with Crippen LogP contribution in [0.15, 0.2) is 226 Å². The SMILES string of the molecule is c1ccc(-c2nc3ccccc3c3c(-c4cccc(-c5cc(-c6ccc7c(c6)oc6ccccc67)cc(-c6ccc7c(c6)oc6ccccc67)c5)c4)c4c(cc23)oc2ccccc24)cc1. The smallest absolute Gasteiger partial charge is 0.136 e. The fourth-order valence-corrected chi connectivity index (χ4v) is 10.2. The fourth-order valence-electron chi connectivity index (χ4n) is 10.2. The van der Waals surface area contributed by atoms with Gasteiger partial charge in [-0.1, -0.05) is 133 Å². The van der Waals surface area contributed by atoms with E-state index in [0.29, 0.717) is 0 Å². The second-order valence-electron chi connectivity index (χ2n) is 17.0. The Balaban J connectivity index is 1.02. The Morgan fingerprint density at radius 2 is 0.708 bits per heavy atom. The van der Waals surface area contributed by atoms with Gasteiger partial charge in [-0.05, 0) is 118 Å². The molecule has 0 fully saturated rings. The maximum Gasteiger partial charge on any atom is 0.136 e. The normalized spacial score (nSPS) is 12.0. The summed E-state index contributed by atoms with van der Waals surface area (Å²) in [5, 5.41) is 9.92. The molecule has 0 aliphatic rings. The van der Waals surface area contributed by atoms with E-state index in [2.05, 4.69) is 182 Å². The number of rotatable bonds is 5. The molecule has 0 amide bonds. The Hall–Kier alpha value is -8.73. The molecule has 4 heteroatoms. The van der Waals surface area contributed by atoms with Gasteiger partial charge in [-0.3, -0.25) is 0 Å². The molecule has 65 heavy (non-hydrogen) atoms. The van der Waals surface area contributed by atoms with E-state index in [1.54, 1.807) is 0 Å². The summed E-state index contributed by atoms with van der Waals surface area (Å²) in [5.74, 6) is 0. The van der Waals surface area contributed by atoms with Crippen molar-refractivity contribution in [3.8, 4) is 55.8 Å². The minimum atomic E-state index is 0.833. The first-order valence-electron chi connectivity index (χ1n) is 22.0. The highest BCUT2D eigenvalue weighted by Crippen LogP contribution is 2.47. The molecule has 14 rings (SSSR count). The minimum absolute atomic E-state index is 0.833. The lowest BCUT2D eigenvalue weighted by Crippen LogP contribution is -1.93. The van der Waals surface area contributed by atoms with Gasteiger partial charge in [0.1, 0.15) is 33.5 Å². The van der Waals surface area contributed by atoms with Crippen molar-refractivity contribution in [3.05, 3.63) is 212 Å². The summed E-state index contributed by atoms with van der Waals surface area (Å²) in [6, 6.07) is 75.1. The van der Waals surface area contributed by atoms with Crippen molar-refractivity contribution >= 4 is 87.5 Å². The molecule has 0 saturated heterocycles. The topological polar surface area (TPSA) is 52.3 Å². The first-order valence-corrected chi connectivity index (χ1v) is 22.0. The number of aromatic nitrogens is 1. The molecule has 4 aromatic heterocycles. The molecule has 0 aliphatic carbocycles.